The second-order valence-corrected chi connectivity index (χ2v) is 6.80. The number of piperazine rings is 1. The van der Waals surface area contributed by atoms with Gasteiger partial charge in [0.1, 0.15) is 0 Å². The molecule has 2 rings (SSSR count). The Balaban J connectivity index is 1.78. The Morgan fingerprint density at radius 1 is 1.28 bits per heavy atom. The van der Waals surface area contributed by atoms with Crippen LogP contribution >= 0.6 is 0 Å². The normalized spacial score (nSPS) is 27.2. The Morgan fingerprint density at radius 2 is 1.94 bits per heavy atom. The molecular weight excluding hydrogens is 228 g/mol. The van der Waals surface area contributed by atoms with E-state index in [4.69, 9.17) is 4.84 Å². The molecule has 0 unspecified atom stereocenters. The van der Waals surface area contributed by atoms with Crippen LogP contribution in [0.2, 0.25) is 0 Å². The Labute approximate surface area is 110 Å². The molecule has 1 saturated carbocycles. The van der Waals surface area contributed by atoms with Crippen LogP contribution in [0.3, 0.4) is 0 Å². The second kappa shape index (κ2) is 5.17. The quantitative estimate of drug-likeness (QED) is 0.770. The van der Waals surface area contributed by atoms with Gasteiger partial charge in [-0.05, 0) is 46.5 Å². The standard InChI is InChI=1S/C14H26N2O2/c1-11-9-16(18-13(17)14(2,3)4)8-7-15(11)10-12-5-6-12/h11-12H,5-10H2,1-4H3/t11-/m1/s1. The molecule has 0 amide bonds. The van der Waals surface area contributed by atoms with Crippen LogP contribution in [0, 0.1) is 11.3 Å². The second-order valence-electron chi connectivity index (χ2n) is 6.80. The van der Waals surface area contributed by atoms with E-state index in [2.05, 4.69) is 11.8 Å². The zero-order valence-corrected chi connectivity index (χ0v) is 12.1. The highest BCUT2D eigenvalue weighted by atomic mass is 16.7. The summed E-state index contributed by atoms with van der Waals surface area (Å²) in [4.78, 5) is 19.8. The monoisotopic (exact) mass is 254 g/mol. The van der Waals surface area contributed by atoms with Crippen LogP contribution in [0.25, 0.3) is 0 Å². The van der Waals surface area contributed by atoms with Gasteiger partial charge in [0.25, 0.3) is 0 Å². The summed E-state index contributed by atoms with van der Waals surface area (Å²) in [6.45, 7) is 11.8. The molecule has 18 heavy (non-hydrogen) atoms. The van der Waals surface area contributed by atoms with Crippen LogP contribution in [-0.2, 0) is 9.63 Å². The molecule has 1 atom stereocenters. The third kappa shape index (κ3) is 3.69. The fourth-order valence-corrected chi connectivity index (χ4v) is 2.20. The van der Waals surface area contributed by atoms with Crippen molar-refractivity contribution in [1.29, 1.82) is 0 Å². The molecule has 1 aliphatic heterocycles. The number of carbonyl (C=O) groups is 1. The van der Waals surface area contributed by atoms with E-state index in [-0.39, 0.29) is 5.97 Å². The van der Waals surface area contributed by atoms with Crippen molar-refractivity contribution < 1.29 is 9.63 Å². The van der Waals surface area contributed by atoms with E-state index < -0.39 is 5.41 Å². The third-order valence-electron chi connectivity index (χ3n) is 3.74. The maximum Gasteiger partial charge on any atom is 0.330 e. The number of hydrogen-bond donors (Lipinski definition) is 0. The van der Waals surface area contributed by atoms with E-state index in [9.17, 15) is 4.79 Å². The van der Waals surface area contributed by atoms with E-state index in [0.29, 0.717) is 6.04 Å². The predicted octanol–water partition coefficient (Wildman–Crippen LogP) is 1.91. The van der Waals surface area contributed by atoms with Crippen LogP contribution in [-0.4, -0.2) is 48.2 Å². The van der Waals surface area contributed by atoms with E-state index in [1.54, 1.807) is 0 Å². The number of nitrogens with zero attached hydrogens (tertiary/aromatic N) is 2. The van der Waals surface area contributed by atoms with E-state index in [0.717, 1.165) is 25.6 Å². The fraction of sp³-hybridized carbons (Fsp3) is 0.929. The minimum Gasteiger partial charge on any atom is -0.367 e. The largest absolute Gasteiger partial charge is 0.367 e. The van der Waals surface area contributed by atoms with Crippen LogP contribution in [0.15, 0.2) is 0 Å². The average Bonchev–Trinajstić information content (AvgIpc) is 3.04. The molecule has 0 bridgehead atoms. The van der Waals surface area contributed by atoms with Crippen LogP contribution in [0.1, 0.15) is 40.5 Å². The van der Waals surface area contributed by atoms with Gasteiger partial charge in [0, 0.05) is 25.7 Å². The van der Waals surface area contributed by atoms with Crippen molar-refractivity contribution in [3.8, 4) is 0 Å². The Bertz CT molecular complexity index is 307. The molecule has 0 spiro atoms. The first kappa shape index (κ1) is 13.8. The predicted molar refractivity (Wildman–Crippen MR) is 70.9 cm³/mol. The summed E-state index contributed by atoms with van der Waals surface area (Å²) in [5, 5.41) is 1.83. The van der Waals surface area contributed by atoms with Crippen molar-refractivity contribution >= 4 is 5.97 Å². The first-order valence-corrected chi connectivity index (χ1v) is 7.07. The number of hydrogen-bond acceptors (Lipinski definition) is 4. The molecule has 0 aromatic carbocycles. The summed E-state index contributed by atoms with van der Waals surface area (Å²) in [6.07, 6.45) is 2.79. The van der Waals surface area contributed by atoms with Gasteiger partial charge >= 0.3 is 5.97 Å². The summed E-state index contributed by atoms with van der Waals surface area (Å²) in [7, 11) is 0. The van der Waals surface area contributed by atoms with Crippen molar-refractivity contribution in [3.05, 3.63) is 0 Å². The van der Waals surface area contributed by atoms with Gasteiger partial charge in [-0.2, -0.15) is 0 Å². The zero-order valence-electron chi connectivity index (χ0n) is 12.1. The van der Waals surface area contributed by atoms with E-state index in [1.807, 2.05) is 25.8 Å². The van der Waals surface area contributed by atoms with Gasteiger partial charge in [0.2, 0.25) is 0 Å². The van der Waals surface area contributed by atoms with Gasteiger partial charge in [0.15, 0.2) is 0 Å². The highest BCUT2D eigenvalue weighted by molar-refractivity contribution is 5.75. The maximum atomic E-state index is 11.8. The zero-order chi connectivity index (χ0) is 13.3. The summed E-state index contributed by atoms with van der Waals surface area (Å²) in [6, 6.07) is 0.479. The molecule has 0 aromatic rings. The number of rotatable bonds is 3. The first-order chi connectivity index (χ1) is 8.36. The molecule has 2 fully saturated rings. The van der Waals surface area contributed by atoms with Gasteiger partial charge in [-0.15, -0.1) is 5.06 Å². The van der Waals surface area contributed by atoms with Crippen molar-refractivity contribution in [2.24, 2.45) is 11.3 Å². The highest BCUT2D eigenvalue weighted by Crippen LogP contribution is 2.31. The molecule has 4 heteroatoms. The fourth-order valence-electron chi connectivity index (χ4n) is 2.20. The molecule has 104 valence electrons. The molecule has 4 nitrogen and oxygen atoms in total. The summed E-state index contributed by atoms with van der Waals surface area (Å²) >= 11 is 0. The molecule has 1 saturated heterocycles. The van der Waals surface area contributed by atoms with Gasteiger partial charge in [-0.25, -0.2) is 4.79 Å². The first-order valence-electron chi connectivity index (χ1n) is 7.07. The molecular formula is C14H26N2O2. The number of carbonyl (C=O) groups excluding carboxylic acids is 1. The van der Waals surface area contributed by atoms with Gasteiger partial charge in [0.05, 0.1) is 12.0 Å². The lowest BCUT2D eigenvalue weighted by Crippen LogP contribution is -2.53. The maximum absolute atomic E-state index is 11.8. The van der Waals surface area contributed by atoms with Crippen molar-refractivity contribution in [2.45, 2.75) is 46.6 Å². The molecule has 0 N–H and O–H groups in total. The Morgan fingerprint density at radius 3 is 2.44 bits per heavy atom. The average molecular weight is 254 g/mol. The lowest BCUT2D eigenvalue weighted by molar-refractivity contribution is -0.210. The molecule has 0 aromatic heterocycles. The van der Waals surface area contributed by atoms with Crippen molar-refractivity contribution in [1.82, 2.24) is 9.96 Å². The van der Waals surface area contributed by atoms with Gasteiger partial charge in [-0.1, -0.05) is 0 Å². The lowest BCUT2D eigenvalue weighted by Gasteiger charge is -2.39. The Hall–Kier alpha value is -0.610. The van der Waals surface area contributed by atoms with Crippen molar-refractivity contribution in [3.63, 3.8) is 0 Å². The van der Waals surface area contributed by atoms with Crippen LogP contribution in [0.4, 0.5) is 0 Å². The van der Waals surface area contributed by atoms with Crippen LogP contribution < -0.4 is 0 Å². The summed E-state index contributed by atoms with van der Waals surface area (Å²) < 4.78 is 0. The molecule has 2 aliphatic rings. The smallest absolute Gasteiger partial charge is 0.330 e. The number of hydroxylamine groups is 2. The lowest BCUT2D eigenvalue weighted by atomic mass is 9.98. The minimum absolute atomic E-state index is 0.134. The van der Waals surface area contributed by atoms with Gasteiger partial charge in [-0.3, -0.25) is 4.90 Å². The Kier molecular flexibility index (Phi) is 3.97. The minimum atomic E-state index is -0.422. The molecule has 1 aliphatic carbocycles. The summed E-state index contributed by atoms with van der Waals surface area (Å²) in [5.41, 5.74) is -0.422. The van der Waals surface area contributed by atoms with E-state index >= 15 is 0 Å². The summed E-state index contributed by atoms with van der Waals surface area (Å²) in [5.74, 6) is 0.793. The molecule has 0 radical (unpaired) electrons. The van der Waals surface area contributed by atoms with Crippen LogP contribution in [0.5, 0.6) is 0 Å². The SMILES string of the molecule is C[C@@H]1CN(OC(=O)C(C)(C)C)CCN1CC1CC1. The topological polar surface area (TPSA) is 32.8 Å². The van der Waals surface area contributed by atoms with Gasteiger partial charge < -0.3 is 4.84 Å². The highest BCUT2D eigenvalue weighted by Gasteiger charge is 2.32. The van der Waals surface area contributed by atoms with E-state index in [1.165, 1.54) is 19.4 Å². The third-order valence-corrected chi connectivity index (χ3v) is 3.74. The molecule has 1 heterocycles. The van der Waals surface area contributed by atoms with Crippen molar-refractivity contribution in [2.75, 3.05) is 26.2 Å².